The molecule has 0 aliphatic heterocycles. The van der Waals surface area contributed by atoms with E-state index in [0.717, 1.165) is 27.3 Å². The zero-order chi connectivity index (χ0) is 25.1. The summed E-state index contributed by atoms with van der Waals surface area (Å²) in [7, 11) is 1.58. The highest BCUT2D eigenvalue weighted by atomic mass is 32.1. The number of ether oxygens (including phenoxy) is 1. The number of aromatic carboxylic acids is 1. The average molecular weight is 487 g/mol. The quantitative estimate of drug-likeness (QED) is 0.333. The van der Waals surface area contributed by atoms with Crippen molar-refractivity contribution in [1.82, 2.24) is 10.3 Å². The lowest BCUT2D eigenvalue weighted by Gasteiger charge is -2.13. The van der Waals surface area contributed by atoms with Gasteiger partial charge in [-0.3, -0.25) is 4.79 Å². The Bertz CT molecular complexity index is 1410. The monoisotopic (exact) mass is 486 g/mol. The van der Waals surface area contributed by atoms with Crippen LogP contribution in [-0.4, -0.2) is 29.1 Å². The number of aryl methyl sites for hydroxylation is 3. The van der Waals surface area contributed by atoms with Crippen LogP contribution in [0.3, 0.4) is 0 Å². The normalized spacial score (nSPS) is 10.7. The molecule has 4 rings (SSSR count). The van der Waals surface area contributed by atoms with Crippen molar-refractivity contribution in [2.24, 2.45) is 0 Å². The third-order valence-corrected chi connectivity index (χ3v) is 7.03. The Morgan fingerprint density at radius 3 is 2.29 bits per heavy atom. The largest absolute Gasteiger partial charge is 0.496 e. The zero-order valence-electron chi connectivity index (χ0n) is 20.0. The molecule has 0 unspecified atom stereocenters. The molecule has 1 heterocycles. The van der Waals surface area contributed by atoms with E-state index in [0.29, 0.717) is 21.9 Å². The van der Waals surface area contributed by atoms with Crippen LogP contribution < -0.4 is 10.1 Å². The van der Waals surface area contributed by atoms with Crippen molar-refractivity contribution in [3.8, 4) is 27.4 Å². The zero-order valence-corrected chi connectivity index (χ0v) is 20.8. The molecule has 0 atom stereocenters. The van der Waals surface area contributed by atoms with Crippen LogP contribution in [0.1, 0.15) is 42.4 Å². The summed E-state index contributed by atoms with van der Waals surface area (Å²) in [5.41, 5.74) is 6.21. The third kappa shape index (κ3) is 5.25. The summed E-state index contributed by atoms with van der Waals surface area (Å²) < 4.78 is 5.50. The van der Waals surface area contributed by atoms with E-state index >= 15 is 0 Å². The van der Waals surface area contributed by atoms with E-state index in [4.69, 9.17) is 4.74 Å². The van der Waals surface area contributed by atoms with Gasteiger partial charge in [0.25, 0.3) is 5.91 Å². The number of methoxy groups -OCH3 is 1. The lowest BCUT2D eigenvalue weighted by Crippen LogP contribution is -2.22. The molecule has 7 heteroatoms. The molecular weight excluding hydrogens is 460 g/mol. The van der Waals surface area contributed by atoms with E-state index in [9.17, 15) is 14.7 Å². The van der Waals surface area contributed by atoms with Gasteiger partial charge < -0.3 is 15.2 Å². The molecule has 1 aromatic heterocycles. The Labute approximate surface area is 208 Å². The molecule has 0 spiro atoms. The van der Waals surface area contributed by atoms with Gasteiger partial charge in [0.1, 0.15) is 15.6 Å². The van der Waals surface area contributed by atoms with E-state index in [1.165, 1.54) is 16.9 Å². The minimum Gasteiger partial charge on any atom is -0.496 e. The number of carbonyl (C=O) groups excluding carboxylic acids is 1. The van der Waals surface area contributed by atoms with Crippen molar-refractivity contribution in [3.05, 3.63) is 93.5 Å². The number of nitrogens with zero attached hydrogens (tertiary/aromatic N) is 1. The lowest BCUT2D eigenvalue weighted by molar-refractivity contribution is 0.0696. The smallest absolute Gasteiger partial charge is 0.335 e. The number of hydrogen-bond donors (Lipinski definition) is 2. The lowest BCUT2D eigenvalue weighted by atomic mass is 9.98. The maximum absolute atomic E-state index is 13.0. The summed E-state index contributed by atoms with van der Waals surface area (Å²) in [6.07, 6.45) is 0. The van der Waals surface area contributed by atoms with Crippen molar-refractivity contribution in [2.45, 2.75) is 27.3 Å². The van der Waals surface area contributed by atoms with Crippen LogP contribution in [0.15, 0.2) is 60.7 Å². The van der Waals surface area contributed by atoms with Gasteiger partial charge in [-0.2, -0.15) is 0 Å². The number of aromatic nitrogens is 1. The highest BCUT2D eigenvalue weighted by Crippen LogP contribution is 2.30. The number of thiazole rings is 1. The van der Waals surface area contributed by atoms with E-state index in [-0.39, 0.29) is 18.0 Å². The number of rotatable bonds is 7. The Balaban J connectivity index is 1.56. The van der Waals surface area contributed by atoms with Crippen LogP contribution in [0.5, 0.6) is 5.75 Å². The van der Waals surface area contributed by atoms with Crippen molar-refractivity contribution in [2.75, 3.05) is 7.11 Å². The number of nitrogens with one attached hydrogen (secondary N) is 1. The van der Waals surface area contributed by atoms with Crippen molar-refractivity contribution < 1.29 is 19.4 Å². The van der Waals surface area contributed by atoms with Crippen molar-refractivity contribution >= 4 is 23.2 Å². The molecule has 0 saturated heterocycles. The summed E-state index contributed by atoms with van der Waals surface area (Å²) in [5, 5.41) is 13.3. The Morgan fingerprint density at radius 2 is 1.60 bits per heavy atom. The first kappa shape index (κ1) is 24.2. The Hall–Kier alpha value is -3.97. The van der Waals surface area contributed by atoms with Gasteiger partial charge in [0.2, 0.25) is 0 Å². The molecule has 178 valence electrons. The van der Waals surface area contributed by atoms with Gasteiger partial charge in [-0.05, 0) is 55.7 Å². The molecule has 1 amide bonds. The van der Waals surface area contributed by atoms with Gasteiger partial charge in [0.15, 0.2) is 0 Å². The number of carboxylic acid groups (broad SMARTS) is 1. The minimum absolute atomic E-state index is 0.200. The Morgan fingerprint density at radius 1 is 0.943 bits per heavy atom. The maximum atomic E-state index is 13.0. The van der Waals surface area contributed by atoms with Crippen LogP contribution in [0.25, 0.3) is 21.7 Å². The second kappa shape index (κ2) is 10.1. The first-order valence-electron chi connectivity index (χ1n) is 11.1. The van der Waals surface area contributed by atoms with E-state index in [2.05, 4.69) is 10.3 Å². The number of amides is 1. The van der Waals surface area contributed by atoms with Crippen molar-refractivity contribution in [3.63, 3.8) is 0 Å². The van der Waals surface area contributed by atoms with Crippen LogP contribution in [0.2, 0.25) is 0 Å². The van der Waals surface area contributed by atoms with Gasteiger partial charge in [-0.25, -0.2) is 9.78 Å². The predicted molar refractivity (Wildman–Crippen MR) is 138 cm³/mol. The summed E-state index contributed by atoms with van der Waals surface area (Å²) >= 11 is 1.37. The molecule has 35 heavy (non-hydrogen) atoms. The summed E-state index contributed by atoms with van der Waals surface area (Å²) in [6, 6.07) is 19.0. The van der Waals surface area contributed by atoms with E-state index in [1.54, 1.807) is 26.2 Å². The molecule has 6 nitrogen and oxygen atoms in total. The first-order valence-corrected chi connectivity index (χ1v) is 11.9. The van der Waals surface area contributed by atoms with Crippen LogP contribution in [-0.2, 0) is 6.54 Å². The topological polar surface area (TPSA) is 88.5 Å². The molecule has 0 saturated carbocycles. The highest BCUT2D eigenvalue weighted by molar-refractivity contribution is 7.17. The number of carboxylic acids is 1. The molecule has 0 aliphatic rings. The summed E-state index contributed by atoms with van der Waals surface area (Å²) in [6.45, 7) is 5.89. The molecule has 4 aromatic rings. The molecule has 0 fully saturated rings. The summed E-state index contributed by atoms with van der Waals surface area (Å²) in [5.74, 6) is -0.523. The van der Waals surface area contributed by atoms with Gasteiger partial charge in [0, 0.05) is 17.7 Å². The standard InChI is InChI=1S/C28H26N2O4S/c1-16-5-8-19(9-6-16)27-30-18(3)25(35-27)26(31)29-15-22-13-20(11-12-24(22)34-4)21-10-7-17(2)23(14-21)28(32)33/h5-14H,15H2,1-4H3,(H,29,31)(H,32,33). The fraction of sp³-hybridized carbons (Fsp3) is 0.179. The highest BCUT2D eigenvalue weighted by Gasteiger charge is 2.17. The molecule has 0 aliphatic carbocycles. The molecule has 0 radical (unpaired) electrons. The molecule has 3 aromatic carbocycles. The van der Waals surface area contributed by atoms with E-state index < -0.39 is 5.97 Å². The van der Waals surface area contributed by atoms with Gasteiger partial charge in [0.05, 0.1) is 18.4 Å². The van der Waals surface area contributed by atoms with Gasteiger partial charge in [-0.15, -0.1) is 11.3 Å². The van der Waals surface area contributed by atoms with E-state index in [1.807, 2.05) is 62.4 Å². The second-order valence-electron chi connectivity index (χ2n) is 8.34. The number of carbonyl (C=O) groups is 2. The number of benzene rings is 3. The van der Waals surface area contributed by atoms with Crippen molar-refractivity contribution in [1.29, 1.82) is 0 Å². The third-order valence-electron chi connectivity index (χ3n) is 5.82. The van der Waals surface area contributed by atoms with Crippen LogP contribution in [0.4, 0.5) is 0 Å². The summed E-state index contributed by atoms with van der Waals surface area (Å²) in [4.78, 5) is 29.7. The minimum atomic E-state index is -0.963. The molecular formula is C28H26N2O4S. The van der Waals surface area contributed by atoms with Gasteiger partial charge in [-0.1, -0.05) is 48.0 Å². The molecule has 2 N–H and O–H groups in total. The SMILES string of the molecule is COc1ccc(-c2ccc(C)c(C(=O)O)c2)cc1CNC(=O)c1sc(-c2ccc(C)cc2)nc1C. The second-order valence-corrected chi connectivity index (χ2v) is 9.34. The first-order chi connectivity index (χ1) is 16.8. The fourth-order valence-electron chi connectivity index (χ4n) is 3.81. The molecule has 0 bridgehead atoms. The predicted octanol–water partition coefficient (Wildman–Crippen LogP) is 6.04. The van der Waals surface area contributed by atoms with Crippen LogP contribution >= 0.6 is 11.3 Å². The van der Waals surface area contributed by atoms with Crippen LogP contribution in [0, 0.1) is 20.8 Å². The number of hydrogen-bond acceptors (Lipinski definition) is 5. The maximum Gasteiger partial charge on any atom is 0.335 e. The Kier molecular flexibility index (Phi) is 6.98. The fourth-order valence-corrected chi connectivity index (χ4v) is 4.80. The average Bonchev–Trinajstić information content (AvgIpc) is 3.24. The van der Waals surface area contributed by atoms with Gasteiger partial charge >= 0.3 is 5.97 Å².